The molecule has 3 aliphatic rings. The van der Waals surface area contributed by atoms with Gasteiger partial charge in [0.25, 0.3) is 11.8 Å². The summed E-state index contributed by atoms with van der Waals surface area (Å²) in [5, 5.41) is 1.10. The standard InChI is InChI=1S/C22H22N4O2/c27-21(17-6-5-16-8-10-24-20(16)11-17)26-13-15-4-7-18(26)14-25(12-15)22(28)19-3-1-2-9-23-19/h1-3,5-6,8-11,15,18,24H,4,7,12-14H2/t15-,18+/m1/s1. The van der Waals surface area contributed by atoms with Crippen molar-refractivity contribution in [2.24, 2.45) is 5.92 Å². The van der Waals surface area contributed by atoms with E-state index in [0.717, 1.165) is 23.7 Å². The van der Waals surface area contributed by atoms with E-state index < -0.39 is 0 Å². The number of nitrogens with zero attached hydrogens (tertiary/aromatic N) is 3. The number of nitrogens with one attached hydrogen (secondary N) is 1. The van der Waals surface area contributed by atoms with Gasteiger partial charge in [0, 0.05) is 49.1 Å². The maximum absolute atomic E-state index is 13.3. The molecule has 1 aromatic carbocycles. The fourth-order valence-corrected chi connectivity index (χ4v) is 4.49. The van der Waals surface area contributed by atoms with Crippen LogP contribution in [0.15, 0.2) is 54.9 Å². The highest BCUT2D eigenvalue weighted by atomic mass is 16.2. The van der Waals surface area contributed by atoms with Crippen LogP contribution >= 0.6 is 0 Å². The zero-order chi connectivity index (χ0) is 19.1. The third-order valence-corrected chi connectivity index (χ3v) is 5.95. The predicted molar refractivity (Wildman–Crippen MR) is 106 cm³/mol. The summed E-state index contributed by atoms with van der Waals surface area (Å²) in [6, 6.07) is 13.2. The first-order valence-electron chi connectivity index (χ1n) is 9.77. The van der Waals surface area contributed by atoms with Crippen LogP contribution in [-0.4, -0.2) is 57.3 Å². The number of piperidine rings is 1. The largest absolute Gasteiger partial charge is 0.361 e. The fourth-order valence-electron chi connectivity index (χ4n) is 4.49. The Labute approximate surface area is 163 Å². The number of aromatic amines is 1. The Kier molecular flexibility index (Phi) is 4.11. The maximum atomic E-state index is 13.3. The lowest BCUT2D eigenvalue weighted by Gasteiger charge is -2.36. The van der Waals surface area contributed by atoms with E-state index in [1.807, 2.05) is 52.4 Å². The molecule has 0 spiro atoms. The smallest absolute Gasteiger partial charge is 0.272 e. The first-order valence-corrected chi connectivity index (χ1v) is 9.77. The van der Waals surface area contributed by atoms with Crippen molar-refractivity contribution in [2.45, 2.75) is 18.9 Å². The van der Waals surface area contributed by atoms with E-state index in [4.69, 9.17) is 0 Å². The highest BCUT2D eigenvalue weighted by Crippen LogP contribution is 2.30. The average Bonchev–Trinajstić information content (AvgIpc) is 3.02. The van der Waals surface area contributed by atoms with Gasteiger partial charge in [0.1, 0.15) is 5.69 Å². The number of hydrogen-bond donors (Lipinski definition) is 1. The van der Waals surface area contributed by atoms with Gasteiger partial charge < -0.3 is 14.8 Å². The molecule has 2 aromatic heterocycles. The molecule has 6 heteroatoms. The van der Waals surface area contributed by atoms with Crippen LogP contribution in [0, 0.1) is 5.92 Å². The van der Waals surface area contributed by atoms with Crippen molar-refractivity contribution in [1.29, 1.82) is 0 Å². The second kappa shape index (κ2) is 6.78. The van der Waals surface area contributed by atoms with Crippen LogP contribution in [-0.2, 0) is 0 Å². The molecule has 2 amide bonds. The highest BCUT2D eigenvalue weighted by molar-refractivity contribution is 5.98. The summed E-state index contributed by atoms with van der Waals surface area (Å²) in [7, 11) is 0. The summed E-state index contributed by atoms with van der Waals surface area (Å²) in [5.74, 6) is 0.322. The molecule has 6 rings (SSSR count). The number of hydrogen-bond acceptors (Lipinski definition) is 3. The molecule has 1 N–H and O–H groups in total. The molecule has 5 heterocycles. The Morgan fingerprint density at radius 3 is 2.79 bits per heavy atom. The topological polar surface area (TPSA) is 69.3 Å². The van der Waals surface area contributed by atoms with Gasteiger partial charge in [-0.2, -0.15) is 0 Å². The van der Waals surface area contributed by atoms with Gasteiger partial charge in [0.05, 0.1) is 0 Å². The van der Waals surface area contributed by atoms with E-state index >= 15 is 0 Å². The predicted octanol–water partition coefficient (Wildman–Crippen LogP) is 2.94. The third kappa shape index (κ3) is 2.95. The zero-order valence-electron chi connectivity index (χ0n) is 15.5. The van der Waals surface area contributed by atoms with Crippen LogP contribution in [0.2, 0.25) is 0 Å². The van der Waals surface area contributed by atoms with Gasteiger partial charge in [0.15, 0.2) is 0 Å². The molecule has 0 saturated carbocycles. The van der Waals surface area contributed by atoms with Gasteiger partial charge in [0.2, 0.25) is 0 Å². The fraction of sp³-hybridized carbons (Fsp3) is 0.318. The Hall–Kier alpha value is -3.15. The molecule has 3 fully saturated rings. The van der Waals surface area contributed by atoms with E-state index in [-0.39, 0.29) is 17.9 Å². The van der Waals surface area contributed by atoms with E-state index in [0.29, 0.717) is 36.8 Å². The van der Waals surface area contributed by atoms with Gasteiger partial charge in [-0.1, -0.05) is 12.1 Å². The number of carbonyl (C=O) groups is 2. The number of carbonyl (C=O) groups excluding carboxylic acids is 2. The van der Waals surface area contributed by atoms with Crippen LogP contribution in [0.3, 0.4) is 0 Å². The van der Waals surface area contributed by atoms with Crippen molar-refractivity contribution in [2.75, 3.05) is 19.6 Å². The number of amides is 2. The number of fused-ring (bicyclic) bond motifs is 5. The summed E-state index contributed by atoms with van der Waals surface area (Å²) in [4.78, 5) is 37.4. The second-order valence-electron chi connectivity index (χ2n) is 7.76. The molecule has 3 aliphatic heterocycles. The SMILES string of the molecule is O=C(c1ccccn1)N1C[C@H]2CC[C@@H](C1)N(C(=O)c1ccc3cc[nH]c3c1)C2. The highest BCUT2D eigenvalue weighted by Gasteiger charge is 2.39. The van der Waals surface area contributed by atoms with Crippen LogP contribution in [0.25, 0.3) is 10.9 Å². The molecule has 0 unspecified atom stereocenters. The third-order valence-electron chi connectivity index (χ3n) is 5.95. The molecule has 3 aromatic rings. The number of pyridine rings is 1. The van der Waals surface area contributed by atoms with E-state index in [9.17, 15) is 9.59 Å². The van der Waals surface area contributed by atoms with Crippen molar-refractivity contribution < 1.29 is 9.59 Å². The molecule has 0 aliphatic carbocycles. The summed E-state index contributed by atoms with van der Waals surface area (Å²) >= 11 is 0. The van der Waals surface area contributed by atoms with Crippen LogP contribution in [0.1, 0.15) is 33.7 Å². The molecule has 0 radical (unpaired) electrons. The quantitative estimate of drug-likeness (QED) is 0.750. The van der Waals surface area contributed by atoms with Crippen molar-refractivity contribution >= 4 is 22.7 Å². The van der Waals surface area contributed by atoms with Gasteiger partial charge in [-0.3, -0.25) is 14.6 Å². The first kappa shape index (κ1) is 17.0. The zero-order valence-corrected chi connectivity index (χ0v) is 15.5. The molecule has 2 bridgehead atoms. The molecule has 28 heavy (non-hydrogen) atoms. The van der Waals surface area contributed by atoms with E-state index in [2.05, 4.69) is 9.97 Å². The summed E-state index contributed by atoms with van der Waals surface area (Å²) in [6.45, 7) is 1.96. The Morgan fingerprint density at radius 2 is 1.93 bits per heavy atom. The molecule has 142 valence electrons. The van der Waals surface area contributed by atoms with E-state index in [1.54, 1.807) is 12.3 Å². The molecule has 3 saturated heterocycles. The first-order chi connectivity index (χ1) is 13.7. The van der Waals surface area contributed by atoms with Crippen molar-refractivity contribution in [3.8, 4) is 0 Å². The van der Waals surface area contributed by atoms with Gasteiger partial charge in [-0.05, 0) is 54.5 Å². The lowest BCUT2D eigenvalue weighted by molar-refractivity contribution is 0.0574. The monoisotopic (exact) mass is 374 g/mol. The average molecular weight is 374 g/mol. The second-order valence-corrected chi connectivity index (χ2v) is 7.76. The normalized spacial score (nSPS) is 21.7. The molecular weight excluding hydrogens is 352 g/mol. The van der Waals surface area contributed by atoms with Crippen molar-refractivity contribution in [3.63, 3.8) is 0 Å². The number of aromatic nitrogens is 2. The van der Waals surface area contributed by atoms with Crippen LogP contribution in [0.5, 0.6) is 0 Å². The number of rotatable bonds is 2. The van der Waals surface area contributed by atoms with Crippen LogP contribution < -0.4 is 0 Å². The Morgan fingerprint density at radius 1 is 1.00 bits per heavy atom. The van der Waals surface area contributed by atoms with Gasteiger partial charge >= 0.3 is 0 Å². The van der Waals surface area contributed by atoms with E-state index in [1.165, 1.54) is 0 Å². The Bertz CT molecular complexity index is 1030. The summed E-state index contributed by atoms with van der Waals surface area (Å²) < 4.78 is 0. The lowest BCUT2D eigenvalue weighted by atomic mass is 9.94. The minimum Gasteiger partial charge on any atom is -0.361 e. The minimum absolute atomic E-state index is 0.0420. The molecule has 6 nitrogen and oxygen atoms in total. The van der Waals surface area contributed by atoms with Crippen molar-refractivity contribution in [3.05, 3.63) is 66.1 Å². The lowest BCUT2D eigenvalue weighted by Crippen LogP contribution is -2.47. The maximum Gasteiger partial charge on any atom is 0.272 e. The summed E-state index contributed by atoms with van der Waals surface area (Å²) in [6.07, 6.45) is 5.52. The Balaban J connectivity index is 1.39. The molecular formula is C22H22N4O2. The van der Waals surface area contributed by atoms with Crippen LogP contribution in [0.4, 0.5) is 0 Å². The number of H-pyrrole nitrogens is 1. The summed E-state index contributed by atoms with van der Waals surface area (Å²) in [5.41, 5.74) is 2.14. The number of benzene rings is 1. The minimum atomic E-state index is -0.0420. The van der Waals surface area contributed by atoms with Gasteiger partial charge in [-0.25, -0.2) is 0 Å². The molecule has 2 atom stereocenters. The van der Waals surface area contributed by atoms with Crippen molar-refractivity contribution in [1.82, 2.24) is 19.8 Å². The van der Waals surface area contributed by atoms with Gasteiger partial charge in [-0.15, -0.1) is 0 Å².